The number of rotatable bonds is 52. The molecular weight excluding hydrogens is 829 g/mol. The van der Waals surface area contributed by atoms with E-state index in [0.717, 1.165) is 77.0 Å². The van der Waals surface area contributed by atoms with Crippen molar-refractivity contribution in [2.24, 2.45) is 0 Å². The van der Waals surface area contributed by atoms with Crippen molar-refractivity contribution in [3.05, 3.63) is 60.8 Å². The lowest BCUT2D eigenvalue weighted by Gasteiger charge is -2.18. The third-order valence-electron chi connectivity index (χ3n) is 12.5. The second-order valence-electron chi connectivity index (χ2n) is 19.2. The van der Waals surface area contributed by atoms with Gasteiger partial charge < -0.3 is 14.2 Å². The van der Waals surface area contributed by atoms with Gasteiger partial charge in [0.2, 0.25) is 0 Å². The molecule has 0 N–H and O–H groups in total. The van der Waals surface area contributed by atoms with E-state index in [9.17, 15) is 14.4 Å². The number of carbonyl (C=O) groups excluding carboxylic acids is 3. The summed E-state index contributed by atoms with van der Waals surface area (Å²) in [5, 5.41) is 0. The Balaban J connectivity index is 4.36. The fraction of sp³-hybridized carbons (Fsp3) is 0.787. The van der Waals surface area contributed by atoms with E-state index in [-0.39, 0.29) is 37.5 Å². The maximum absolute atomic E-state index is 12.8. The molecule has 0 aliphatic heterocycles. The number of ether oxygens (including phenoxy) is 3. The quantitative estimate of drug-likeness (QED) is 0.0262. The van der Waals surface area contributed by atoms with Crippen molar-refractivity contribution in [1.29, 1.82) is 0 Å². The van der Waals surface area contributed by atoms with E-state index in [1.165, 1.54) is 167 Å². The molecule has 0 heterocycles. The van der Waals surface area contributed by atoms with Crippen LogP contribution >= 0.6 is 0 Å². The molecule has 0 bridgehead atoms. The van der Waals surface area contributed by atoms with Gasteiger partial charge in [-0.05, 0) is 70.6 Å². The van der Waals surface area contributed by atoms with Crippen LogP contribution in [0.2, 0.25) is 0 Å². The molecule has 0 aromatic carbocycles. The number of unbranched alkanes of at least 4 members (excludes halogenated alkanes) is 31. The Bertz CT molecular complexity index is 1210. The summed E-state index contributed by atoms with van der Waals surface area (Å²) >= 11 is 0. The van der Waals surface area contributed by atoms with Gasteiger partial charge in [-0.1, -0.05) is 261 Å². The van der Waals surface area contributed by atoms with E-state index < -0.39 is 6.10 Å². The summed E-state index contributed by atoms with van der Waals surface area (Å²) in [4.78, 5) is 38.1. The predicted octanol–water partition coefficient (Wildman–Crippen LogP) is 19.2. The van der Waals surface area contributed by atoms with E-state index in [4.69, 9.17) is 14.2 Å². The van der Waals surface area contributed by atoms with Crippen molar-refractivity contribution in [2.75, 3.05) is 13.2 Å². The molecule has 0 saturated heterocycles. The van der Waals surface area contributed by atoms with Gasteiger partial charge in [0.25, 0.3) is 0 Å². The van der Waals surface area contributed by atoms with Crippen molar-refractivity contribution in [1.82, 2.24) is 0 Å². The van der Waals surface area contributed by atoms with Gasteiger partial charge in [0, 0.05) is 19.3 Å². The first-order valence-corrected chi connectivity index (χ1v) is 28.8. The van der Waals surface area contributed by atoms with Gasteiger partial charge in [0.15, 0.2) is 6.10 Å². The van der Waals surface area contributed by atoms with Crippen LogP contribution in [0, 0.1) is 0 Å². The van der Waals surface area contributed by atoms with Gasteiger partial charge in [-0.15, -0.1) is 0 Å². The predicted molar refractivity (Wildman–Crippen MR) is 288 cm³/mol. The molecular formula is C61H108O6. The highest BCUT2D eigenvalue weighted by molar-refractivity contribution is 5.71. The summed E-state index contributed by atoms with van der Waals surface area (Å²) in [6.07, 6.45) is 69.5. The summed E-state index contributed by atoms with van der Waals surface area (Å²) in [7, 11) is 0. The Morgan fingerprint density at radius 2 is 0.612 bits per heavy atom. The minimum Gasteiger partial charge on any atom is -0.462 e. The first-order valence-electron chi connectivity index (χ1n) is 28.8. The summed E-state index contributed by atoms with van der Waals surface area (Å²) in [5.41, 5.74) is 0. The van der Waals surface area contributed by atoms with Gasteiger partial charge in [-0.2, -0.15) is 0 Å². The Labute approximate surface area is 415 Å². The van der Waals surface area contributed by atoms with Crippen molar-refractivity contribution in [3.8, 4) is 0 Å². The lowest BCUT2D eigenvalue weighted by Crippen LogP contribution is -2.30. The second kappa shape index (κ2) is 55.7. The normalized spacial score (nSPS) is 12.5. The molecule has 6 heteroatoms. The van der Waals surface area contributed by atoms with Crippen LogP contribution < -0.4 is 0 Å². The number of allylic oxidation sites excluding steroid dienone is 10. The molecule has 0 spiro atoms. The van der Waals surface area contributed by atoms with Crippen molar-refractivity contribution in [3.63, 3.8) is 0 Å². The van der Waals surface area contributed by atoms with E-state index in [0.29, 0.717) is 19.3 Å². The number of esters is 3. The molecule has 1 unspecified atom stereocenters. The van der Waals surface area contributed by atoms with Crippen molar-refractivity contribution in [2.45, 2.75) is 297 Å². The zero-order valence-corrected chi connectivity index (χ0v) is 44.4. The lowest BCUT2D eigenvalue weighted by atomic mass is 10.0. The maximum atomic E-state index is 12.8. The van der Waals surface area contributed by atoms with E-state index in [1.54, 1.807) is 0 Å². The molecule has 0 rings (SSSR count). The SMILES string of the molecule is CC/C=C\C/C=C\C/C=C\C/C=C\CCC(=O)OCC(COC(=O)CCCCCCCCCCCCCCCCCCCCCCC)OC(=O)CCCCCCC/C=C\CCCCCCCC. The van der Waals surface area contributed by atoms with Gasteiger partial charge in [0.05, 0.1) is 0 Å². The van der Waals surface area contributed by atoms with Crippen molar-refractivity contribution < 1.29 is 28.6 Å². The highest BCUT2D eigenvalue weighted by Gasteiger charge is 2.19. The number of carbonyl (C=O) groups is 3. The average molecular weight is 938 g/mol. The highest BCUT2D eigenvalue weighted by atomic mass is 16.6. The zero-order chi connectivity index (χ0) is 48.6. The van der Waals surface area contributed by atoms with Gasteiger partial charge in [-0.3, -0.25) is 14.4 Å². The smallest absolute Gasteiger partial charge is 0.306 e. The molecule has 67 heavy (non-hydrogen) atoms. The summed E-state index contributed by atoms with van der Waals surface area (Å²) in [6.45, 7) is 6.48. The van der Waals surface area contributed by atoms with Crippen LogP contribution in [0.4, 0.5) is 0 Å². The Morgan fingerprint density at radius 3 is 1.00 bits per heavy atom. The lowest BCUT2D eigenvalue weighted by molar-refractivity contribution is -0.166. The van der Waals surface area contributed by atoms with Crippen LogP contribution in [-0.4, -0.2) is 37.2 Å². The molecule has 0 aromatic rings. The van der Waals surface area contributed by atoms with E-state index in [1.807, 2.05) is 6.08 Å². The van der Waals surface area contributed by atoms with Gasteiger partial charge in [-0.25, -0.2) is 0 Å². The molecule has 0 aromatic heterocycles. The minimum atomic E-state index is -0.805. The largest absolute Gasteiger partial charge is 0.462 e. The van der Waals surface area contributed by atoms with Crippen molar-refractivity contribution >= 4 is 17.9 Å². The second-order valence-corrected chi connectivity index (χ2v) is 19.2. The summed E-state index contributed by atoms with van der Waals surface area (Å²) in [6, 6.07) is 0. The summed E-state index contributed by atoms with van der Waals surface area (Å²) < 4.78 is 16.8. The fourth-order valence-electron chi connectivity index (χ4n) is 8.22. The first kappa shape index (κ1) is 64.1. The number of hydrogen-bond acceptors (Lipinski definition) is 6. The Hall–Kier alpha value is -2.89. The maximum Gasteiger partial charge on any atom is 0.306 e. The standard InChI is InChI=1S/C61H108O6/c1-4-7-10-13-16-19-22-25-27-28-29-30-31-32-34-36-39-42-45-48-51-54-60(63)66-57-58(56-65-59(62)53-50-47-44-41-38-35-24-21-18-15-12-9-6-3)67-61(64)55-52-49-46-43-40-37-33-26-23-20-17-14-11-8-5-2/h9,12,18,21,26,33,35,38,44,47,58H,4-8,10-11,13-17,19-20,22-25,27-32,34,36-37,39-43,45-46,48-57H2,1-3H3/b12-9-,21-18-,33-26-,38-35-,47-44-. The topological polar surface area (TPSA) is 78.9 Å². The Kier molecular flexibility index (Phi) is 53.3. The van der Waals surface area contributed by atoms with Crippen LogP contribution in [0.15, 0.2) is 60.8 Å². The van der Waals surface area contributed by atoms with Crippen LogP contribution in [0.5, 0.6) is 0 Å². The van der Waals surface area contributed by atoms with Crippen LogP contribution in [0.3, 0.4) is 0 Å². The fourth-order valence-corrected chi connectivity index (χ4v) is 8.22. The molecule has 0 radical (unpaired) electrons. The average Bonchev–Trinajstić information content (AvgIpc) is 3.33. The van der Waals surface area contributed by atoms with Gasteiger partial charge in [0.1, 0.15) is 13.2 Å². The summed E-state index contributed by atoms with van der Waals surface area (Å²) in [5.74, 6) is -0.979. The number of hydrogen-bond donors (Lipinski definition) is 0. The molecule has 1 atom stereocenters. The molecule has 0 fully saturated rings. The minimum absolute atomic E-state index is 0.0969. The first-order chi connectivity index (χ1) is 33.0. The van der Waals surface area contributed by atoms with E-state index in [2.05, 4.69) is 75.5 Å². The Morgan fingerprint density at radius 1 is 0.313 bits per heavy atom. The monoisotopic (exact) mass is 937 g/mol. The third-order valence-corrected chi connectivity index (χ3v) is 12.5. The molecule has 0 aliphatic rings. The molecule has 0 saturated carbocycles. The third kappa shape index (κ3) is 53.9. The van der Waals surface area contributed by atoms with Crippen LogP contribution in [0.25, 0.3) is 0 Å². The van der Waals surface area contributed by atoms with Crippen LogP contribution in [-0.2, 0) is 28.6 Å². The molecule has 6 nitrogen and oxygen atoms in total. The molecule has 0 aliphatic carbocycles. The molecule has 0 amide bonds. The molecule has 388 valence electrons. The van der Waals surface area contributed by atoms with Gasteiger partial charge >= 0.3 is 17.9 Å². The van der Waals surface area contributed by atoms with E-state index >= 15 is 0 Å². The zero-order valence-electron chi connectivity index (χ0n) is 44.4. The highest BCUT2D eigenvalue weighted by Crippen LogP contribution is 2.16. The van der Waals surface area contributed by atoms with Crippen LogP contribution in [0.1, 0.15) is 290 Å².